The van der Waals surface area contributed by atoms with Crippen molar-refractivity contribution in [2.45, 2.75) is 13.8 Å². The van der Waals surface area contributed by atoms with Crippen molar-refractivity contribution in [3.63, 3.8) is 0 Å². The van der Waals surface area contributed by atoms with Crippen LogP contribution in [0.3, 0.4) is 0 Å². The first-order valence-corrected chi connectivity index (χ1v) is 7.08. The number of aryl methyl sites for hydroxylation is 1. The Kier molecular flexibility index (Phi) is 3.64. The molecule has 2 aromatic heterocycles. The summed E-state index contributed by atoms with van der Waals surface area (Å²) in [7, 11) is 0. The fraction of sp³-hybridized carbons (Fsp3) is 0.125. The zero-order valence-electron chi connectivity index (χ0n) is 13.0. The van der Waals surface area contributed by atoms with Crippen molar-refractivity contribution >= 4 is 34.4 Å². The number of hydrogen-bond acceptors (Lipinski definition) is 6. The molecule has 0 radical (unpaired) electrons. The van der Waals surface area contributed by atoms with Gasteiger partial charge in [0.15, 0.2) is 5.82 Å². The minimum atomic E-state index is -0.801. The monoisotopic (exact) mass is 326 g/mol. The van der Waals surface area contributed by atoms with Crippen molar-refractivity contribution in [3.05, 3.63) is 51.9 Å². The predicted octanol–water partition coefficient (Wildman–Crippen LogP) is 1.79. The van der Waals surface area contributed by atoms with Gasteiger partial charge in [-0.2, -0.15) is 4.68 Å². The van der Waals surface area contributed by atoms with E-state index in [0.29, 0.717) is 5.56 Å². The second kappa shape index (κ2) is 5.65. The van der Waals surface area contributed by atoms with Crippen LogP contribution in [0.25, 0.3) is 11.1 Å². The second-order valence-electron chi connectivity index (χ2n) is 5.30. The number of anilines is 2. The fourth-order valence-electron chi connectivity index (χ4n) is 2.21. The fourth-order valence-corrected chi connectivity index (χ4v) is 2.21. The quantitative estimate of drug-likeness (QED) is 0.740. The molecule has 1 aromatic carbocycles. The van der Waals surface area contributed by atoms with Gasteiger partial charge in [0, 0.05) is 12.5 Å². The number of aromatic nitrogens is 2. The molecular weight excluding hydrogens is 312 g/mol. The van der Waals surface area contributed by atoms with Crippen molar-refractivity contribution in [3.8, 4) is 0 Å². The summed E-state index contributed by atoms with van der Waals surface area (Å²) in [5, 5.41) is 6.57. The molecule has 24 heavy (non-hydrogen) atoms. The van der Waals surface area contributed by atoms with E-state index in [4.69, 9.17) is 10.2 Å². The predicted molar refractivity (Wildman–Crippen MR) is 88.1 cm³/mol. The third-order valence-corrected chi connectivity index (χ3v) is 3.46. The number of nitrogens with zero attached hydrogens (tertiary/aromatic N) is 2. The number of rotatable bonds is 2. The molecule has 0 aliphatic heterocycles. The van der Waals surface area contributed by atoms with Crippen LogP contribution in [-0.4, -0.2) is 21.6 Å². The van der Waals surface area contributed by atoms with Crippen molar-refractivity contribution in [1.29, 1.82) is 0 Å². The molecule has 0 bridgehead atoms. The van der Waals surface area contributed by atoms with E-state index in [1.54, 1.807) is 24.3 Å². The average Bonchev–Trinajstić information content (AvgIpc) is 2.85. The highest BCUT2D eigenvalue weighted by molar-refractivity contribution is 6.05. The second-order valence-corrected chi connectivity index (χ2v) is 5.30. The van der Waals surface area contributed by atoms with Gasteiger partial charge in [-0.05, 0) is 25.1 Å². The zero-order chi connectivity index (χ0) is 17.4. The molecule has 0 atom stereocenters. The van der Waals surface area contributed by atoms with Gasteiger partial charge in [0.2, 0.25) is 11.6 Å². The van der Waals surface area contributed by atoms with Gasteiger partial charge in [-0.15, -0.1) is 5.10 Å². The molecule has 3 N–H and O–H groups in total. The van der Waals surface area contributed by atoms with Crippen LogP contribution in [0.5, 0.6) is 0 Å². The summed E-state index contributed by atoms with van der Waals surface area (Å²) < 4.78 is 5.99. The molecule has 0 aliphatic carbocycles. The lowest BCUT2D eigenvalue weighted by molar-refractivity contribution is 0.0922. The Morgan fingerprint density at radius 2 is 1.92 bits per heavy atom. The third-order valence-electron chi connectivity index (χ3n) is 3.46. The molecular formula is C16H14N4O4. The summed E-state index contributed by atoms with van der Waals surface area (Å²) in [5.41, 5.74) is 6.20. The molecule has 0 aliphatic rings. The van der Waals surface area contributed by atoms with Gasteiger partial charge in [0.25, 0.3) is 5.91 Å². The van der Waals surface area contributed by atoms with Gasteiger partial charge in [-0.25, -0.2) is 4.79 Å². The zero-order valence-corrected chi connectivity index (χ0v) is 13.0. The summed E-state index contributed by atoms with van der Waals surface area (Å²) in [6, 6.07) is 8.21. The van der Waals surface area contributed by atoms with Gasteiger partial charge >= 0.3 is 5.63 Å². The summed E-state index contributed by atoms with van der Waals surface area (Å²) in [6.07, 6.45) is 0. The van der Waals surface area contributed by atoms with E-state index in [-0.39, 0.29) is 22.6 Å². The van der Waals surface area contributed by atoms with E-state index in [9.17, 15) is 14.4 Å². The molecule has 8 heteroatoms. The first-order chi connectivity index (χ1) is 11.4. The molecule has 2 heterocycles. The molecule has 0 spiro atoms. The molecule has 0 unspecified atom stereocenters. The molecule has 0 fully saturated rings. The first kappa shape index (κ1) is 15.5. The highest BCUT2D eigenvalue weighted by Crippen LogP contribution is 2.22. The Hall–Kier alpha value is -3.42. The van der Waals surface area contributed by atoms with Crippen LogP contribution < -0.4 is 16.7 Å². The first-order valence-electron chi connectivity index (χ1n) is 7.08. The van der Waals surface area contributed by atoms with Crippen LogP contribution in [0.1, 0.15) is 27.6 Å². The van der Waals surface area contributed by atoms with Crippen LogP contribution in [0.15, 0.2) is 39.5 Å². The lowest BCUT2D eigenvalue weighted by Gasteiger charge is -2.04. The Morgan fingerprint density at radius 3 is 2.54 bits per heavy atom. The molecule has 3 aromatic rings. The SMILES string of the molecule is CC(=O)n1nc(N)c2cc(NC(=O)c3ccc(C)cc3)c(=O)oc21. The smallest absolute Gasteiger partial charge is 0.361 e. The summed E-state index contributed by atoms with van der Waals surface area (Å²) >= 11 is 0. The summed E-state index contributed by atoms with van der Waals surface area (Å²) in [5.74, 6) is -0.884. The maximum absolute atomic E-state index is 12.2. The van der Waals surface area contributed by atoms with E-state index < -0.39 is 17.4 Å². The number of fused-ring (bicyclic) bond motifs is 1. The van der Waals surface area contributed by atoms with Crippen LogP contribution in [0.4, 0.5) is 11.5 Å². The normalized spacial score (nSPS) is 10.8. The van der Waals surface area contributed by atoms with Gasteiger partial charge in [0.05, 0.1) is 5.39 Å². The molecule has 8 nitrogen and oxygen atoms in total. The molecule has 1 amide bonds. The summed E-state index contributed by atoms with van der Waals surface area (Å²) in [6.45, 7) is 3.17. The van der Waals surface area contributed by atoms with Crippen molar-refractivity contribution in [2.75, 3.05) is 11.1 Å². The van der Waals surface area contributed by atoms with E-state index in [2.05, 4.69) is 10.4 Å². The van der Waals surface area contributed by atoms with Gasteiger partial charge < -0.3 is 15.5 Å². The minimum absolute atomic E-state index is 0.0229. The Balaban J connectivity index is 2.01. The molecule has 3 rings (SSSR count). The van der Waals surface area contributed by atoms with Gasteiger partial charge in [0.1, 0.15) is 5.69 Å². The van der Waals surface area contributed by atoms with E-state index in [0.717, 1.165) is 10.2 Å². The van der Waals surface area contributed by atoms with E-state index in [1.807, 2.05) is 6.92 Å². The molecule has 0 saturated heterocycles. The number of carbonyl (C=O) groups is 2. The maximum atomic E-state index is 12.2. The van der Waals surface area contributed by atoms with Crippen LogP contribution in [-0.2, 0) is 0 Å². The van der Waals surface area contributed by atoms with Gasteiger partial charge in [-0.3, -0.25) is 9.59 Å². The number of nitrogen functional groups attached to an aromatic ring is 1. The lowest BCUT2D eigenvalue weighted by Crippen LogP contribution is -2.18. The number of hydrogen-bond donors (Lipinski definition) is 2. The Labute approximate surface area is 135 Å². The van der Waals surface area contributed by atoms with Crippen LogP contribution in [0.2, 0.25) is 0 Å². The number of amides is 1. The van der Waals surface area contributed by atoms with Crippen molar-refractivity contribution < 1.29 is 14.0 Å². The lowest BCUT2D eigenvalue weighted by atomic mass is 10.1. The standard InChI is InChI=1S/C16H14N4O4/c1-8-3-5-10(6-4-8)14(22)18-12-7-11-13(17)19-20(9(2)21)15(11)24-16(12)23/h3-7H,1-2H3,(H2,17,19)(H,18,22). The number of nitrogens with one attached hydrogen (secondary N) is 1. The molecule has 122 valence electrons. The average molecular weight is 326 g/mol. The molecule has 0 saturated carbocycles. The van der Waals surface area contributed by atoms with Gasteiger partial charge in [-0.1, -0.05) is 17.7 Å². The minimum Gasteiger partial charge on any atom is -0.402 e. The summed E-state index contributed by atoms with van der Waals surface area (Å²) in [4.78, 5) is 35.8. The maximum Gasteiger partial charge on any atom is 0.361 e. The Bertz CT molecular complexity index is 1010. The van der Waals surface area contributed by atoms with E-state index in [1.165, 1.54) is 13.0 Å². The highest BCUT2D eigenvalue weighted by Gasteiger charge is 2.18. The van der Waals surface area contributed by atoms with Crippen LogP contribution in [0, 0.1) is 6.92 Å². The van der Waals surface area contributed by atoms with E-state index >= 15 is 0 Å². The highest BCUT2D eigenvalue weighted by atomic mass is 16.4. The third kappa shape index (κ3) is 2.65. The van der Waals surface area contributed by atoms with Crippen molar-refractivity contribution in [1.82, 2.24) is 9.78 Å². The largest absolute Gasteiger partial charge is 0.402 e. The topological polar surface area (TPSA) is 120 Å². The number of benzene rings is 1. The van der Waals surface area contributed by atoms with Crippen molar-refractivity contribution in [2.24, 2.45) is 0 Å². The number of carbonyl (C=O) groups excluding carboxylic acids is 2. The number of nitrogens with two attached hydrogens (primary N) is 1. The Morgan fingerprint density at radius 1 is 1.25 bits per heavy atom. The van der Waals surface area contributed by atoms with Crippen LogP contribution >= 0.6 is 0 Å².